The molecular weight excluding hydrogens is 244 g/mol. The minimum absolute atomic E-state index is 0.00731. The molecule has 0 spiro atoms. The molecule has 0 radical (unpaired) electrons. The van der Waals surface area contributed by atoms with Crippen molar-refractivity contribution in [2.75, 3.05) is 0 Å². The van der Waals surface area contributed by atoms with Gasteiger partial charge in [0.15, 0.2) is 5.78 Å². The monoisotopic (exact) mass is 262 g/mol. The van der Waals surface area contributed by atoms with Gasteiger partial charge < -0.3 is 9.84 Å². The van der Waals surface area contributed by atoms with Gasteiger partial charge in [-0.05, 0) is 31.3 Å². The molecule has 19 heavy (non-hydrogen) atoms. The zero-order chi connectivity index (χ0) is 13.9. The highest BCUT2D eigenvalue weighted by molar-refractivity contribution is 5.99. The lowest BCUT2D eigenvalue weighted by Gasteiger charge is -2.37. The van der Waals surface area contributed by atoms with Crippen LogP contribution in [0.3, 0.4) is 0 Å². The van der Waals surface area contributed by atoms with Crippen molar-refractivity contribution in [2.24, 2.45) is 23.2 Å². The van der Waals surface area contributed by atoms with Gasteiger partial charge in [-0.1, -0.05) is 19.6 Å². The van der Waals surface area contributed by atoms with Crippen LogP contribution in [0.2, 0.25) is 0 Å². The molecule has 0 aromatic heterocycles. The first kappa shape index (κ1) is 12.6. The van der Waals surface area contributed by atoms with Crippen LogP contribution < -0.4 is 0 Å². The Morgan fingerprint density at radius 2 is 2.16 bits per heavy atom. The Labute approximate surface area is 112 Å². The van der Waals surface area contributed by atoms with E-state index in [0.717, 1.165) is 0 Å². The van der Waals surface area contributed by atoms with Crippen LogP contribution in [0, 0.1) is 23.2 Å². The van der Waals surface area contributed by atoms with Crippen LogP contribution in [0.4, 0.5) is 0 Å². The number of aliphatic hydroxyl groups excluding tert-OH is 1. The fourth-order valence-corrected chi connectivity index (χ4v) is 3.98. The fraction of sp³-hybridized carbons (Fsp3) is 0.600. The summed E-state index contributed by atoms with van der Waals surface area (Å²) in [6.07, 6.45) is 2.83. The van der Waals surface area contributed by atoms with Crippen molar-refractivity contribution in [3.8, 4) is 0 Å². The van der Waals surface area contributed by atoms with Gasteiger partial charge in [0, 0.05) is 5.57 Å². The average Bonchev–Trinajstić information content (AvgIpc) is 2.77. The van der Waals surface area contributed by atoms with E-state index in [2.05, 4.69) is 6.58 Å². The maximum Gasteiger partial charge on any atom is 0.334 e. The van der Waals surface area contributed by atoms with Gasteiger partial charge >= 0.3 is 5.97 Å². The standard InChI is InChI=1S/C15H18O4/c1-7-6-10-12(8(2)14(18)19-10)13(17)15(3)9(7)4-5-11(15)16/h4-5,7,9-10,12-13,17H,2,6H2,1,3H3/t7-,9-,10-,12-,13+,15+/m1/s1. The van der Waals surface area contributed by atoms with Crippen LogP contribution in [0.25, 0.3) is 0 Å². The van der Waals surface area contributed by atoms with E-state index in [0.29, 0.717) is 12.0 Å². The minimum atomic E-state index is -0.922. The van der Waals surface area contributed by atoms with Crippen LogP contribution >= 0.6 is 0 Å². The molecule has 2 aliphatic carbocycles. The summed E-state index contributed by atoms with van der Waals surface area (Å²) >= 11 is 0. The lowest BCUT2D eigenvalue weighted by atomic mass is 9.67. The Morgan fingerprint density at radius 1 is 1.47 bits per heavy atom. The topological polar surface area (TPSA) is 63.6 Å². The SMILES string of the molecule is C=C1C(=O)O[C@@H]2C[C@@H](C)[C@H]3C=CC(=O)[C@@]3(C)[C@@H](O)[C@H]12. The van der Waals surface area contributed by atoms with Crippen molar-refractivity contribution < 1.29 is 19.4 Å². The van der Waals surface area contributed by atoms with E-state index in [9.17, 15) is 14.7 Å². The predicted octanol–water partition coefficient (Wildman–Crippen LogP) is 1.25. The van der Waals surface area contributed by atoms with Gasteiger partial charge in [-0.15, -0.1) is 0 Å². The Bertz CT molecular complexity index is 506. The molecule has 2 fully saturated rings. The summed E-state index contributed by atoms with van der Waals surface area (Å²) in [7, 11) is 0. The van der Waals surface area contributed by atoms with Crippen LogP contribution in [0.1, 0.15) is 20.3 Å². The number of carbonyl (C=O) groups is 2. The zero-order valence-corrected chi connectivity index (χ0v) is 11.1. The summed E-state index contributed by atoms with van der Waals surface area (Å²) in [5.74, 6) is -0.802. The van der Waals surface area contributed by atoms with Crippen molar-refractivity contribution in [1.82, 2.24) is 0 Å². The quantitative estimate of drug-likeness (QED) is 0.527. The van der Waals surface area contributed by atoms with Crippen molar-refractivity contribution >= 4 is 11.8 Å². The molecule has 4 heteroatoms. The summed E-state index contributed by atoms with van der Waals surface area (Å²) in [5, 5.41) is 10.7. The Kier molecular flexibility index (Phi) is 2.52. The first-order valence-electron chi connectivity index (χ1n) is 6.68. The molecule has 3 rings (SSSR count). The highest BCUT2D eigenvalue weighted by atomic mass is 16.6. The van der Waals surface area contributed by atoms with Crippen LogP contribution in [-0.4, -0.2) is 29.1 Å². The summed E-state index contributed by atoms with van der Waals surface area (Å²) in [4.78, 5) is 23.9. The number of hydrogen-bond donors (Lipinski definition) is 1. The highest BCUT2D eigenvalue weighted by Crippen LogP contribution is 2.52. The number of allylic oxidation sites excluding steroid dienone is 2. The minimum Gasteiger partial charge on any atom is -0.458 e. The normalized spacial score (nSPS) is 48.8. The molecule has 102 valence electrons. The molecule has 1 saturated carbocycles. The van der Waals surface area contributed by atoms with E-state index in [-0.39, 0.29) is 23.7 Å². The molecule has 0 unspecified atom stereocenters. The first-order chi connectivity index (χ1) is 8.87. The lowest BCUT2D eigenvalue weighted by molar-refractivity contribution is -0.140. The molecule has 0 aromatic carbocycles. The third-order valence-electron chi connectivity index (χ3n) is 5.17. The van der Waals surface area contributed by atoms with E-state index < -0.39 is 23.4 Å². The van der Waals surface area contributed by atoms with Gasteiger partial charge in [0.25, 0.3) is 0 Å². The lowest BCUT2D eigenvalue weighted by Crippen LogP contribution is -2.46. The van der Waals surface area contributed by atoms with E-state index in [1.54, 1.807) is 13.0 Å². The molecule has 0 amide bonds. The molecular formula is C15H18O4. The van der Waals surface area contributed by atoms with Crippen LogP contribution in [0.15, 0.2) is 24.3 Å². The Morgan fingerprint density at radius 3 is 2.84 bits per heavy atom. The summed E-state index contributed by atoms with van der Waals surface area (Å²) in [6.45, 7) is 7.57. The van der Waals surface area contributed by atoms with Crippen LogP contribution in [-0.2, 0) is 14.3 Å². The molecule has 0 aromatic rings. The van der Waals surface area contributed by atoms with Crippen molar-refractivity contribution in [1.29, 1.82) is 0 Å². The number of carbonyl (C=O) groups excluding carboxylic acids is 2. The maximum absolute atomic E-state index is 12.2. The molecule has 1 aliphatic heterocycles. The van der Waals surface area contributed by atoms with Gasteiger partial charge in [-0.2, -0.15) is 0 Å². The van der Waals surface area contributed by atoms with Crippen molar-refractivity contribution in [3.63, 3.8) is 0 Å². The number of ketones is 1. The van der Waals surface area contributed by atoms with Gasteiger partial charge in [-0.3, -0.25) is 4.79 Å². The summed E-state index contributed by atoms with van der Waals surface area (Å²) in [5.41, 5.74) is -0.568. The zero-order valence-electron chi connectivity index (χ0n) is 11.1. The van der Waals surface area contributed by atoms with E-state index in [4.69, 9.17) is 4.74 Å². The fourth-order valence-electron chi connectivity index (χ4n) is 3.98. The molecule has 1 saturated heterocycles. The molecule has 6 atom stereocenters. The smallest absolute Gasteiger partial charge is 0.334 e. The third kappa shape index (κ3) is 1.43. The highest BCUT2D eigenvalue weighted by Gasteiger charge is 2.59. The number of fused-ring (bicyclic) bond motifs is 2. The average molecular weight is 262 g/mol. The summed E-state index contributed by atoms with van der Waals surface area (Å²) < 4.78 is 5.31. The largest absolute Gasteiger partial charge is 0.458 e. The summed E-state index contributed by atoms with van der Waals surface area (Å²) in [6, 6.07) is 0. The Hall–Kier alpha value is -1.42. The number of hydrogen-bond acceptors (Lipinski definition) is 4. The molecule has 1 N–H and O–H groups in total. The predicted molar refractivity (Wildman–Crippen MR) is 68.0 cm³/mol. The second-order valence-corrected chi connectivity index (χ2v) is 6.18. The van der Waals surface area contributed by atoms with Crippen molar-refractivity contribution in [3.05, 3.63) is 24.3 Å². The molecule has 0 bridgehead atoms. The molecule has 4 nitrogen and oxygen atoms in total. The second kappa shape index (κ2) is 3.79. The van der Waals surface area contributed by atoms with Gasteiger partial charge in [-0.25, -0.2) is 4.79 Å². The number of rotatable bonds is 0. The number of ether oxygens (including phenoxy) is 1. The van der Waals surface area contributed by atoms with Gasteiger partial charge in [0.1, 0.15) is 6.10 Å². The van der Waals surface area contributed by atoms with Crippen LogP contribution in [0.5, 0.6) is 0 Å². The molecule has 1 heterocycles. The van der Waals surface area contributed by atoms with Gasteiger partial charge in [0.2, 0.25) is 0 Å². The van der Waals surface area contributed by atoms with Crippen molar-refractivity contribution in [2.45, 2.75) is 32.5 Å². The number of esters is 1. The molecule has 3 aliphatic rings. The second-order valence-electron chi connectivity index (χ2n) is 6.18. The van der Waals surface area contributed by atoms with E-state index in [1.165, 1.54) is 0 Å². The van der Waals surface area contributed by atoms with E-state index >= 15 is 0 Å². The maximum atomic E-state index is 12.2. The number of aliphatic hydroxyl groups is 1. The Balaban J connectivity index is 2.08. The third-order valence-corrected chi connectivity index (χ3v) is 5.17. The van der Waals surface area contributed by atoms with E-state index in [1.807, 2.05) is 13.0 Å². The first-order valence-corrected chi connectivity index (χ1v) is 6.68. The van der Waals surface area contributed by atoms with Gasteiger partial charge in [0.05, 0.1) is 17.4 Å².